The Morgan fingerprint density at radius 2 is 2.04 bits per heavy atom. The molecule has 1 unspecified atom stereocenters. The van der Waals surface area contributed by atoms with E-state index in [1.165, 1.54) is 36.8 Å². The van der Waals surface area contributed by atoms with E-state index >= 15 is 0 Å². The molecule has 1 aliphatic heterocycles. The number of thioether (sulfide) groups is 1. The second-order valence-electron chi connectivity index (χ2n) is 5.23. The highest BCUT2D eigenvalue weighted by Gasteiger charge is 2.15. The minimum Gasteiger partial charge on any atom is -0.357 e. The van der Waals surface area contributed by atoms with Gasteiger partial charge in [-0.25, -0.2) is 8.78 Å². The first-order valence-corrected chi connectivity index (χ1v) is 8.82. The summed E-state index contributed by atoms with van der Waals surface area (Å²) in [6, 6.07) is 3.95. The van der Waals surface area contributed by atoms with Crippen LogP contribution in [0.5, 0.6) is 0 Å². The molecule has 0 aromatic heterocycles. The van der Waals surface area contributed by atoms with Crippen LogP contribution in [0, 0.1) is 11.6 Å². The van der Waals surface area contributed by atoms with Gasteiger partial charge in [-0.05, 0) is 44.1 Å². The van der Waals surface area contributed by atoms with Gasteiger partial charge < -0.3 is 10.6 Å². The molecule has 0 aliphatic carbocycles. The average Bonchev–Trinajstić information content (AvgIpc) is 3.01. The lowest BCUT2D eigenvalue weighted by molar-refractivity contribution is 0.553. The van der Waals surface area contributed by atoms with Crippen LogP contribution in [-0.2, 0) is 6.42 Å². The normalized spacial score (nSPS) is 17.7. The summed E-state index contributed by atoms with van der Waals surface area (Å²) < 4.78 is 27.1. The zero-order valence-electron chi connectivity index (χ0n) is 13.3. The number of rotatable bonds is 6. The molecule has 7 heteroatoms. The van der Waals surface area contributed by atoms with Crippen molar-refractivity contribution in [2.75, 3.05) is 25.4 Å². The summed E-state index contributed by atoms with van der Waals surface area (Å²) in [5.74, 6) is 0.945. The molecule has 2 rings (SSSR count). The minimum absolute atomic E-state index is 0. The molecule has 23 heavy (non-hydrogen) atoms. The van der Waals surface area contributed by atoms with Crippen molar-refractivity contribution in [1.82, 2.24) is 10.6 Å². The quantitative estimate of drug-likeness (QED) is 0.391. The van der Waals surface area contributed by atoms with Gasteiger partial charge in [0.05, 0.1) is 6.54 Å². The molecule has 1 heterocycles. The smallest absolute Gasteiger partial charge is 0.191 e. The predicted octanol–water partition coefficient (Wildman–Crippen LogP) is 3.58. The first-order chi connectivity index (χ1) is 10.7. The Morgan fingerprint density at radius 3 is 2.65 bits per heavy atom. The third-order valence-electron chi connectivity index (χ3n) is 3.55. The van der Waals surface area contributed by atoms with Crippen molar-refractivity contribution < 1.29 is 8.78 Å². The molecule has 3 nitrogen and oxygen atoms in total. The van der Waals surface area contributed by atoms with E-state index < -0.39 is 11.6 Å². The van der Waals surface area contributed by atoms with Crippen LogP contribution in [0.1, 0.15) is 25.3 Å². The zero-order chi connectivity index (χ0) is 15.8. The summed E-state index contributed by atoms with van der Waals surface area (Å²) in [5, 5.41) is 6.90. The van der Waals surface area contributed by atoms with Crippen molar-refractivity contribution in [3.8, 4) is 0 Å². The number of hydrogen-bond donors (Lipinski definition) is 2. The van der Waals surface area contributed by atoms with Gasteiger partial charge in [-0.3, -0.25) is 4.99 Å². The minimum atomic E-state index is -0.494. The number of hydrogen-bond acceptors (Lipinski definition) is 2. The molecule has 1 saturated heterocycles. The topological polar surface area (TPSA) is 36.4 Å². The van der Waals surface area contributed by atoms with E-state index in [1.54, 1.807) is 0 Å². The van der Waals surface area contributed by atoms with Crippen molar-refractivity contribution >= 4 is 41.7 Å². The molecule has 0 radical (unpaired) electrons. The molecule has 1 aromatic carbocycles. The number of aliphatic imine (C=N–C) groups is 1. The second kappa shape index (κ2) is 11.1. The van der Waals surface area contributed by atoms with Crippen LogP contribution < -0.4 is 10.6 Å². The molecule has 1 atom stereocenters. The molecule has 130 valence electrons. The summed E-state index contributed by atoms with van der Waals surface area (Å²) in [7, 11) is 0. The van der Waals surface area contributed by atoms with E-state index in [2.05, 4.69) is 15.6 Å². The summed E-state index contributed by atoms with van der Waals surface area (Å²) in [5.41, 5.74) is 0.122. The predicted molar refractivity (Wildman–Crippen MR) is 105 cm³/mol. The Labute approximate surface area is 158 Å². The monoisotopic (exact) mass is 455 g/mol. The lowest BCUT2D eigenvalue weighted by Crippen LogP contribution is -2.38. The third-order valence-corrected chi connectivity index (χ3v) is 4.93. The molecule has 1 aliphatic rings. The molecule has 1 aromatic rings. The lowest BCUT2D eigenvalue weighted by Gasteiger charge is -2.13. The number of nitrogens with zero attached hydrogens (tertiary/aromatic N) is 1. The fourth-order valence-electron chi connectivity index (χ4n) is 2.40. The molecule has 0 bridgehead atoms. The SMILES string of the molecule is CCNC(=NCC1CCCS1)NCCc1c(F)cccc1F.I. The second-order valence-corrected chi connectivity index (χ2v) is 6.64. The van der Waals surface area contributed by atoms with Crippen LogP contribution in [0.4, 0.5) is 8.78 Å². The molecule has 1 fully saturated rings. The van der Waals surface area contributed by atoms with Crippen LogP contribution in [0.3, 0.4) is 0 Å². The van der Waals surface area contributed by atoms with E-state index in [9.17, 15) is 8.78 Å². The van der Waals surface area contributed by atoms with Gasteiger partial charge in [-0.15, -0.1) is 24.0 Å². The van der Waals surface area contributed by atoms with Crippen LogP contribution in [0.2, 0.25) is 0 Å². The summed E-state index contributed by atoms with van der Waals surface area (Å²) in [6.07, 6.45) is 2.77. The van der Waals surface area contributed by atoms with Gasteiger partial charge in [-0.1, -0.05) is 6.07 Å². The maximum absolute atomic E-state index is 13.6. The van der Waals surface area contributed by atoms with Gasteiger partial charge >= 0.3 is 0 Å². The molecule has 0 saturated carbocycles. The van der Waals surface area contributed by atoms with Gasteiger partial charge in [0.2, 0.25) is 0 Å². The summed E-state index contributed by atoms with van der Waals surface area (Å²) in [4.78, 5) is 4.56. The zero-order valence-corrected chi connectivity index (χ0v) is 16.4. The number of guanidine groups is 1. The standard InChI is InChI=1S/C16H23F2N3S.HI/c1-2-19-16(21-11-12-5-4-10-22-12)20-9-8-13-14(17)6-3-7-15(13)18;/h3,6-7,12H,2,4-5,8-11H2,1H3,(H2,19,20,21);1H. The molecule has 0 spiro atoms. The van der Waals surface area contributed by atoms with E-state index in [1.807, 2.05) is 18.7 Å². The van der Waals surface area contributed by atoms with Gasteiger partial charge in [0.25, 0.3) is 0 Å². The Bertz CT molecular complexity index is 488. The highest BCUT2D eigenvalue weighted by atomic mass is 127. The van der Waals surface area contributed by atoms with Gasteiger partial charge in [0.1, 0.15) is 11.6 Å². The first kappa shape index (κ1) is 20.5. The summed E-state index contributed by atoms with van der Waals surface area (Å²) in [6.45, 7) is 3.99. The van der Waals surface area contributed by atoms with E-state index in [4.69, 9.17) is 0 Å². The van der Waals surface area contributed by atoms with Gasteiger partial charge in [-0.2, -0.15) is 11.8 Å². The van der Waals surface area contributed by atoms with Crippen LogP contribution in [0.25, 0.3) is 0 Å². The fraction of sp³-hybridized carbons (Fsp3) is 0.562. The Kier molecular flexibility index (Phi) is 9.85. The molecule has 2 N–H and O–H groups in total. The molecular formula is C16H24F2IN3S. The highest BCUT2D eigenvalue weighted by Crippen LogP contribution is 2.25. The van der Waals surface area contributed by atoms with Crippen LogP contribution in [0.15, 0.2) is 23.2 Å². The number of benzene rings is 1. The first-order valence-electron chi connectivity index (χ1n) is 7.77. The van der Waals surface area contributed by atoms with Gasteiger partial charge in [0.15, 0.2) is 5.96 Å². The molecule has 0 amide bonds. The van der Waals surface area contributed by atoms with E-state index in [-0.39, 0.29) is 29.5 Å². The molecular weight excluding hydrogens is 431 g/mol. The van der Waals surface area contributed by atoms with E-state index in [0.717, 1.165) is 13.1 Å². The van der Waals surface area contributed by atoms with Crippen molar-refractivity contribution in [1.29, 1.82) is 0 Å². The Morgan fingerprint density at radius 1 is 1.30 bits per heavy atom. The van der Waals surface area contributed by atoms with Crippen LogP contribution in [-0.4, -0.2) is 36.6 Å². The third kappa shape index (κ3) is 6.82. The van der Waals surface area contributed by atoms with Crippen molar-refractivity contribution in [2.24, 2.45) is 4.99 Å². The van der Waals surface area contributed by atoms with Crippen molar-refractivity contribution in [2.45, 2.75) is 31.4 Å². The highest BCUT2D eigenvalue weighted by molar-refractivity contribution is 14.0. The average molecular weight is 455 g/mol. The van der Waals surface area contributed by atoms with Crippen molar-refractivity contribution in [3.63, 3.8) is 0 Å². The van der Waals surface area contributed by atoms with E-state index in [0.29, 0.717) is 24.2 Å². The Hall–Kier alpha value is -0.570. The largest absolute Gasteiger partial charge is 0.357 e. The number of nitrogens with one attached hydrogen (secondary N) is 2. The fourth-order valence-corrected chi connectivity index (χ4v) is 3.58. The Balaban J connectivity index is 0.00000264. The number of halogens is 3. The lowest BCUT2D eigenvalue weighted by atomic mass is 10.1. The van der Waals surface area contributed by atoms with Crippen LogP contribution >= 0.6 is 35.7 Å². The maximum atomic E-state index is 13.6. The van der Waals surface area contributed by atoms with Crippen molar-refractivity contribution in [3.05, 3.63) is 35.4 Å². The maximum Gasteiger partial charge on any atom is 0.191 e. The summed E-state index contributed by atoms with van der Waals surface area (Å²) >= 11 is 1.97. The van der Waals surface area contributed by atoms with Gasteiger partial charge in [0, 0.05) is 23.9 Å².